The largest absolute Gasteiger partial charge is 0.324 e. The van der Waals surface area contributed by atoms with Crippen molar-refractivity contribution < 1.29 is 17.6 Å². The molecule has 0 spiro atoms. The zero-order valence-corrected chi connectivity index (χ0v) is 15.2. The number of pyridine rings is 1. The van der Waals surface area contributed by atoms with E-state index in [2.05, 4.69) is 15.4 Å². The molecule has 1 aromatic carbocycles. The van der Waals surface area contributed by atoms with Crippen LogP contribution in [0, 0.1) is 5.82 Å². The highest BCUT2D eigenvalue weighted by molar-refractivity contribution is 7.89. The van der Waals surface area contributed by atoms with Gasteiger partial charge in [0.2, 0.25) is 15.9 Å². The number of carbonyl (C=O) groups is 1. The molecule has 2 aromatic heterocycles. The minimum absolute atomic E-state index is 0.0727. The molecule has 0 fully saturated rings. The fourth-order valence-electron chi connectivity index (χ4n) is 2.32. The zero-order chi connectivity index (χ0) is 19.6. The van der Waals surface area contributed by atoms with Gasteiger partial charge in [0.1, 0.15) is 10.7 Å². The third-order valence-corrected chi connectivity index (χ3v) is 4.61. The average molecular weight is 410 g/mol. The molecule has 3 aromatic rings. The van der Waals surface area contributed by atoms with Crippen LogP contribution in [0.3, 0.4) is 0 Å². The Morgan fingerprint density at radius 2 is 2.04 bits per heavy atom. The Bertz CT molecular complexity index is 1120. The molecule has 0 aliphatic rings. The summed E-state index contributed by atoms with van der Waals surface area (Å²) in [7, 11) is -4.17. The van der Waals surface area contributed by atoms with Crippen LogP contribution in [-0.4, -0.2) is 29.1 Å². The molecule has 1 amide bonds. The Labute approximate surface area is 158 Å². The van der Waals surface area contributed by atoms with Crippen molar-refractivity contribution in [3.63, 3.8) is 0 Å². The Hall–Kier alpha value is -2.82. The van der Waals surface area contributed by atoms with Crippen molar-refractivity contribution in [1.29, 1.82) is 0 Å². The lowest BCUT2D eigenvalue weighted by atomic mass is 10.1. The summed E-state index contributed by atoms with van der Waals surface area (Å²) in [5.41, 5.74) is 0.291. The number of carbonyl (C=O) groups excluding carboxylic acids is 1. The summed E-state index contributed by atoms with van der Waals surface area (Å²) >= 11 is 5.79. The van der Waals surface area contributed by atoms with Gasteiger partial charge in [-0.15, -0.1) is 0 Å². The minimum Gasteiger partial charge on any atom is -0.324 e. The minimum atomic E-state index is -4.17. The summed E-state index contributed by atoms with van der Waals surface area (Å²) in [6.45, 7) is 0. The molecule has 140 valence electrons. The monoisotopic (exact) mass is 409 g/mol. The van der Waals surface area contributed by atoms with Crippen molar-refractivity contribution in [2.45, 2.75) is 11.3 Å². The fourth-order valence-corrected chi connectivity index (χ4v) is 3.15. The normalized spacial score (nSPS) is 11.4. The smallest absolute Gasteiger partial charge is 0.241 e. The number of benzene rings is 1. The van der Waals surface area contributed by atoms with Crippen molar-refractivity contribution >= 4 is 33.2 Å². The quantitative estimate of drug-likeness (QED) is 0.666. The molecule has 27 heavy (non-hydrogen) atoms. The van der Waals surface area contributed by atoms with Gasteiger partial charge < -0.3 is 5.32 Å². The molecule has 0 bridgehead atoms. The number of primary sulfonamides is 1. The van der Waals surface area contributed by atoms with Crippen LogP contribution in [0.1, 0.15) is 5.56 Å². The van der Waals surface area contributed by atoms with Gasteiger partial charge in [0.25, 0.3) is 0 Å². The van der Waals surface area contributed by atoms with E-state index in [0.29, 0.717) is 0 Å². The van der Waals surface area contributed by atoms with Crippen molar-refractivity contribution in [1.82, 2.24) is 14.8 Å². The van der Waals surface area contributed by atoms with Gasteiger partial charge >= 0.3 is 0 Å². The molecule has 11 heteroatoms. The summed E-state index contributed by atoms with van der Waals surface area (Å²) in [5, 5.41) is 11.9. The molecule has 2 heterocycles. The van der Waals surface area contributed by atoms with Crippen LogP contribution in [0.2, 0.25) is 5.02 Å². The highest BCUT2D eigenvalue weighted by Gasteiger charge is 2.19. The standard InChI is InChI=1S/C16H13ClFN5O3S/c17-11-7-21-23(9-11)16-14(27(19,25)26)6-12(8-20-16)22-15(24)5-10-3-1-2-4-13(10)18/h1-4,6-9H,5H2,(H,22,24)(H2,19,25,26). The number of nitrogens with zero attached hydrogens (tertiary/aromatic N) is 3. The highest BCUT2D eigenvalue weighted by atomic mass is 35.5. The van der Waals surface area contributed by atoms with Gasteiger partial charge in [-0.2, -0.15) is 5.10 Å². The maximum Gasteiger partial charge on any atom is 0.241 e. The molecule has 0 saturated heterocycles. The molecule has 0 unspecified atom stereocenters. The van der Waals surface area contributed by atoms with Crippen LogP contribution in [0.4, 0.5) is 10.1 Å². The second kappa shape index (κ2) is 7.43. The maximum atomic E-state index is 13.6. The lowest BCUT2D eigenvalue weighted by Crippen LogP contribution is -2.19. The zero-order valence-electron chi connectivity index (χ0n) is 13.6. The SMILES string of the molecule is NS(=O)(=O)c1cc(NC(=O)Cc2ccccc2F)cnc1-n1cc(Cl)cn1. The number of anilines is 1. The van der Waals surface area contributed by atoms with Gasteiger partial charge in [-0.05, 0) is 17.7 Å². The van der Waals surface area contributed by atoms with E-state index in [1.165, 1.54) is 36.8 Å². The summed E-state index contributed by atoms with van der Waals surface area (Å²) in [4.78, 5) is 15.8. The molecule has 3 N–H and O–H groups in total. The first-order chi connectivity index (χ1) is 12.7. The van der Waals surface area contributed by atoms with Gasteiger partial charge in [-0.1, -0.05) is 29.8 Å². The molecule has 0 saturated carbocycles. The van der Waals surface area contributed by atoms with Crippen LogP contribution in [0.15, 0.2) is 53.8 Å². The topological polar surface area (TPSA) is 120 Å². The summed E-state index contributed by atoms with van der Waals surface area (Å²) < 4.78 is 38.6. The van der Waals surface area contributed by atoms with Crippen molar-refractivity contribution in [2.75, 3.05) is 5.32 Å². The third-order valence-electron chi connectivity index (χ3n) is 3.50. The van der Waals surface area contributed by atoms with Gasteiger partial charge in [0, 0.05) is 0 Å². The number of amides is 1. The number of sulfonamides is 1. The number of halogens is 2. The second-order valence-corrected chi connectivity index (χ2v) is 7.48. The van der Waals surface area contributed by atoms with Gasteiger partial charge in [-0.25, -0.2) is 27.6 Å². The highest BCUT2D eigenvalue weighted by Crippen LogP contribution is 2.22. The number of aromatic nitrogens is 3. The van der Waals surface area contributed by atoms with Crippen LogP contribution >= 0.6 is 11.6 Å². The van der Waals surface area contributed by atoms with E-state index in [0.717, 1.165) is 10.7 Å². The first-order valence-corrected chi connectivity index (χ1v) is 9.43. The fraction of sp³-hybridized carbons (Fsp3) is 0.0625. The Kier molecular flexibility index (Phi) is 5.22. The van der Waals surface area contributed by atoms with Crippen molar-refractivity contribution in [3.8, 4) is 5.82 Å². The molecule has 0 radical (unpaired) electrons. The molecule has 3 rings (SSSR count). The first kappa shape index (κ1) is 19.0. The summed E-state index contributed by atoms with van der Waals surface area (Å²) in [6, 6.07) is 6.99. The van der Waals surface area contributed by atoms with Crippen molar-refractivity contribution in [2.24, 2.45) is 5.14 Å². The number of nitrogens with one attached hydrogen (secondary N) is 1. The van der Waals surface area contributed by atoms with Gasteiger partial charge in [0.15, 0.2) is 5.82 Å². The maximum absolute atomic E-state index is 13.6. The second-order valence-electron chi connectivity index (χ2n) is 5.51. The van der Waals surface area contributed by atoms with E-state index in [1.807, 2.05) is 0 Å². The molecule has 0 atom stereocenters. The predicted octanol–water partition coefficient (Wildman–Crippen LogP) is 1.89. The Balaban J connectivity index is 1.89. The van der Waals surface area contributed by atoms with Crippen molar-refractivity contribution in [3.05, 3.63) is 65.3 Å². The molecule has 8 nitrogen and oxygen atoms in total. The number of hydrogen-bond donors (Lipinski definition) is 2. The van der Waals surface area contributed by atoms with E-state index < -0.39 is 21.7 Å². The average Bonchev–Trinajstić information content (AvgIpc) is 3.02. The lowest BCUT2D eigenvalue weighted by Gasteiger charge is -2.10. The van der Waals surface area contributed by atoms with Crippen LogP contribution < -0.4 is 10.5 Å². The molecular weight excluding hydrogens is 397 g/mol. The Morgan fingerprint density at radius 1 is 1.30 bits per heavy atom. The number of nitrogens with two attached hydrogens (primary N) is 1. The number of rotatable bonds is 5. The van der Waals surface area contributed by atoms with Crippen LogP contribution in [0.25, 0.3) is 5.82 Å². The van der Waals surface area contributed by atoms with Gasteiger partial charge in [0.05, 0.1) is 35.7 Å². The van der Waals surface area contributed by atoms with E-state index >= 15 is 0 Å². The Morgan fingerprint density at radius 3 is 2.67 bits per heavy atom. The van der Waals surface area contributed by atoms with E-state index in [9.17, 15) is 17.6 Å². The predicted molar refractivity (Wildman–Crippen MR) is 96.5 cm³/mol. The first-order valence-electron chi connectivity index (χ1n) is 7.50. The number of hydrogen-bond acceptors (Lipinski definition) is 5. The van der Waals surface area contributed by atoms with Crippen LogP contribution in [-0.2, 0) is 21.2 Å². The molecule has 0 aliphatic carbocycles. The third kappa shape index (κ3) is 4.48. The van der Waals surface area contributed by atoms with E-state index in [1.54, 1.807) is 6.07 Å². The summed E-state index contributed by atoms with van der Waals surface area (Å²) in [5.74, 6) is -1.13. The summed E-state index contributed by atoms with van der Waals surface area (Å²) in [6.07, 6.45) is 3.67. The molecular formula is C16H13ClFN5O3S. The van der Waals surface area contributed by atoms with Gasteiger partial charge in [-0.3, -0.25) is 4.79 Å². The molecule has 0 aliphatic heterocycles. The van der Waals surface area contributed by atoms with E-state index in [4.69, 9.17) is 16.7 Å². The lowest BCUT2D eigenvalue weighted by molar-refractivity contribution is -0.115. The van der Waals surface area contributed by atoms with E-state index in [-0.39, 0.29) is 33.4 Å². The van der Waals surface area contributed by atoms with Crippen LogP contribution in [0.5, 0.6) is 0 Å².